The molecule has 8 heteroatoms. The number of aliphatic hydroxyl groups is 1. The van der Waals surface area contributed by atoms with Gasteiger partial charge in [-0.3, -0.25) is 4.79 Å². The van der Waals surface area contributed by atoms with E-state index in [2.05, 4.69) is 24.6 Å². The highest BCUT2D eigenvalue weighted by Gasteiger charge is 2.20. The number of aromatic nitrogens is 2. The van der Waals surface area contributed by atoms with Crippen molar-refractivity contribution in [3.05, 3.63) is 53.3 Å². The monoisotopic (exact) mass is 459 g/mol. The van der Waals surface area contributed by atoms with Crippen LogP contribution < -0.4 is 0 Å². The lowest BCUT2D eigenvalue weighted by Gasteiger charge is -2.17. The first-order chi connectivity index (χ1) is 14.6. The molecule has 0 bridgehead atoms. The van der Waals surface area contributed by atoms with Gasteiger partial charge in [0.2, 0.25) is 0 Å². The number of amides is 1. The van der Waals surface area contributed by atoms with Crippen molar-refractivity contribution in [2.24, 2.45) is 0 Å². The van der Waals surface area contributed by atoms with Gasteiger partial charge in [-0.1, -0.05) is 49.4 Å². The number of halogens is 1. The molecule has 1 N–H and O–H groups in total. The molecule has 1 atom stereocenters. The van der Waals surface area contributed by atoms with E-state index in [1.54, 1.807) is 38.5 Å². The summed E-state index contributed by atoms with van der Waals surface area (Å²) in [5, 5.41) is 11.8. The fourth-order valence-electron chi connectivity index (χ4n) is 3.22. The maximum absolute atomic E-state index is 12.1. The molecule has 1 amide bonds. The summed E-state index contributed by atoms with van der Waals surface area (Å²) in [4.78, 5) is 18.1. The first-order valence-electron chi connectivity index (χ1n) is 10.3. The van der Waals surface area contributed by atoms with Gasteiger partial charge in [-0.25, -0.2) is 4.98 Å². The fraction of sp³-hybridized carbons (Fsp3) is 0.391. The number of carbonyl (C=O) groups excluding carboxylic acids is 1. The Labute approximate surface area is 189 Å². The zero-order chi connectivity index (χ0) is 22.8. The van der Waals surface area contributed by atoms with Crippen molar-refractivity contribution in [2.45, 2.75) is 38.5 Å². The number of hydrogen-bond acceptors (Lipinski definition) is 4. The fourth-order valence-corrected chi connectivity index (χ4v) is 4.28. The Bertz CT molecular complexity index is 1080. The van der Waals surface area contributed by atoms with Crippen molar-refractivity contribution in [1.82, 2.24) is 14.5 Å². The number of hydrogen-bond donors (Lipinski definition) is 1. The lowest BCUT2D eigenvalue weighted by molar-refractivity contribution is -0.137. The number of ether oxygens (including phenoxy) is 1. The highest BCUT2D eigenvalue weighted by Crippen LogP contribution is 2.34. The lowest BCUT2D eigenvalue weighted by atomic mass is 10.0. The average Bonchev–Trinajstić information content (AvgIpc) is 3.13. The summed E-state index contributed by atoms with van der Waals surface area (Å²) in [6.07, 6.45) is 2.43. The Kier molecular flexibility index (Phi) is 7.21. The summed E-state index contributed by atoms with van der Waals surface area (Å²) in [6, 6.07) is 10.2. The third-order valence-electron chi connectivity index (χ3n) is 5.14. The maximum Gasteiger partial charge on any atom is 0.255 e. The summed E-state index contributed by atoms with van der Waals surface area (Å²) < 4.78 is 7.80. The molecule has 2 heterocycles. The van der Waals surface area contributed by atoms with Crippen LogP contribution in [0.2, 0.25) is 30.7 Å². The van der Waals surface area contributed by atoms with E-state index in [1.807, 2.05) is 22.9 Å². The molecule has 6 nitrogen and oxygen atoms in total. The van der Waals surface area contributed by atoms with Crippen LogP contribution in [-0.4, -0.2) is 54.2 Å². The lowest BCUT2D eigenvalue weighted by Crippen LogP contribution is -2.28. The largest absolute Gasteiger partial charge is 0.378 e. The van der Waals surface area contributed by atoms with Crippen LogP contribution in [0.4, 0.5) is 0 Å². The van der Waals surface area contributed by atoms with E-state index in [1.165, 1.54) is 4.90 Å². The van der Waals surface area contributed by atoms with E-state index in [-0.39, 0.29) is 5.91 Å². The molecule has 0 aliphatic heterocycles. The van der Waals surface area contributed by atoms with E-state index in [0.717, 1.165) is 34.8 Å². The third-order valence-corrected chi connectivity index (χ3v) is 7.25. The molecule has 0 radical (unpaired) electrons. The van der Waals surface area contributed by atoms with Gasteiger partial charge in [-0.15, -0.1) is 0 Å². The van der Waals surface area contributed by atoms with Crippen LogP contribution in [0.3, 0.4) is 0 Å². The molecule has 3 aromatic rings. The molecule has 0 aliphatic rings. The van der Waals surface area contributed by atoms with Gasteiger partial charge in [-0.05, 0) is 29.3 Å². The number of benzene rings is 1. The molecule has 1 aromatic carbocycles. The van der Waals surface area contributed by atoms with Crippen LogP contribution in [0.25, 0.3) is 22.2 Å². The molecule has 0 aliphatic carbocycles. The number of likely N-dealkylation sites (N-methyl/N-ethyl adjacent to an activating group) is 1. The van der Waals surface area contributed by atoms with Gasteiger partial charge in [0.05, 0.1) is 5.02 Å². The summed E-state index contributed by atoms with van der Waals surface area (Å²) in [6.45, 7) is 8.16. The minimum Gasteiger partial charge on any atom is -0.378 e. The van der Waals surface area contributed by atoms with Gasteiger partial charge < -0.3 is 19.3 Å². The van der Waals surface area contributed by atoms with Crippen molar-refractivity contribution < 1.29 is 14.6 Å². The standard InChI is InChI=1S/C23H30ClN3O3Si/c1-26(2)23(29)21(28)17-8-6-7-16(13-17)19-14-25-22-18(20(19)24)9-10-27(22)15-30-11-12-31(3,4)5/h6-10,13-14,21,28H,11-12,15H2,1-5H3. The SMILES string of the molecule is CN(C)C(=O)C(O)c1cccc(-c2cnc3c(ccn3COCC[Si](C)(C)C)c2Cl)c1. The van der Waals surface area contributed by atoms with Gasteiger partial charge in [0.15, 0.2) is 6.10 Å². The van der Waals surface area contributed by atoms with Crippen LogP contribution in [0.5, 0.6) is 0 Å². The van der Waals surface area contributed by atoms with Crippen molar-refractivity contribution in [3.8, 4) is 11.1 Å². The highest BCUT2D eigenvalue weighted by molar-refractivity contribution is 6.76. The Morgan fingerprint density at radius 3 is 2.71 bits per heavy atom. The molecule has 1 unspecified atom stereocenters. The number of carbonyl (C=O) groups is 1. The number of aliphatic hydroxyl groups excluding tert-OH is 1. The second-order valence-corrected chi connectivity index (χ2v) is 15.1. The predicted octanol–water partition coefficient (Wildman–Crippen LogP) is 4.79. The molecule has 3 rings (SSSR count). The third kappa shape index (κ3) is 5.54. The van der Waals surface area contributed by atoms with Crippen molar-refractivity contribution in [3.63, 3.8) is 0 Å². The Morgan fingerprint density at radius 1 is 1.29 bits per heavy atom. The van der Waals surface area contributed by atoms with Gasteiger partial charge >= 0.3 is 0 Å². The topological polar surface area (TPSA) is 67.6 Å². The second kappa shape index (κ2) is 9.52. The molecule has 31 heavy (non-hydrogen) atoms. The van der Waals surface area contributed by atoms with Crippen molar-refractivity contribution >= 4 is 36.6 Å². The highest BCUT2D eigenvalue weighted by atomic mass is 35.5. The normalized spacial score (nSPS) is 12.9. The quantitative estimate of drug-likeness (QED) is 0.388. The second-order valence-electron chi connectivity index (χ2n) is 9.12. The summed E-state index contributed by atoms with van der Waals surface area (Å²) in [5.41, 5.74) is 2.82. The minimum atomic E-state index is -1.22. The first-order valence-corrected chi connectivity index (χ1v) is 14.4. The van der Waals surface area contributed by atoms with Gasteiger partial charge in [0, 0.05) is 52.1 Å². The Hall–Kier alpha value is -2.19. The molecule has 2 aromatic heterocycles. The van der Waals surface area contributed by atoms with Crippen LogP contribution >= 0.6 is 11.6 Å². The van der Waals surface area contributed by atoms with E-state index >= 15 is 0 Å². The zero-order valence-electron chi connectivity index (χ0n) is 18.7. The van der Waals surface area contributed by atoms with E-state index < -0.39 is 14.2 Å². The van der Waals surface area contributed by atoms with Crippen LogP contribution in [0.1, 0.15) is 11.7 Å². The number of pyridine rings is 1. The minimum absolute atomic E-state index is 0.372. The van der Waals surface area contributed by atoms with Crippen molar-refractivity contribution in [1.29, 1.82) is 0 Å². The molecule has 0 fully saturated rings. The summed E-state index contributed by atoms with van der Waals surface area (Å²) in [5.74, 6) is -0.372. The van der Waals surface area contributed by atoms with Crippen LogP contribution in [0.15, 0.2) is 42.7 Å². The van der Waals surface area contributed by atoms with Gasteiger partial charge in [0.25, 0.3) is 5.91 Å². The first kappa shape index (κ1) is 23.5. The molecule has 166 valence electrons. The van der Waals surface area contributed by atoms with Gasteiger partial charge in [-0.2, -0.15) is 0 Å². The molecular weight excluding hydrogens is 430 g/mol. The summed E-state index contributed by atoms with van der Waals surface area (Å²) >= 11 is 6.73. The molecule has 0 spiro atoms. The number of rotatable bonds is 8. The van der Waals surface area contributed by atoms with E-state index in [4.69, 9.17) is 16.3 Å². The molecule has 0 saturated heterocycles. The van der Waals surface area contributed by atoms with E-state index in [9.17, 15) is 9.90 Å². The number of fused-ring (bicyclic) bond motifs is 1. The Balaban J connectivity index is 1.84. The van der Waals surface area contributed by atoms with Gasteiger partial charge in [0.1, 0.15) is 12.4 Å². The average molecular weight is 460 g/mol. The van der Waals surface area contributed by atoms with Crippen LogP contribution in [-0.2, 0) is 16.3 Å². The zero-order valence-corrected chi connectivity index (χ0v) is 20.5. The smallest absolute Gasteiger partial charge is 0.255 e. The number of nitrogens with zero attached hydrogens (tertiary/aromatic N) is 3. The van der Waals surface area contributed by atoms with Crippen molar-refractivity contribution in [2.75, 3.05) is 20.7 Å². The Morgan fingerprint density at radius 2 is 2.03 bits per heavy atom. The van der Waals surface area contributed by atoms with E-state index in [0.29, 0.717) is 17.3 Å². The molecule has 0 saturated carbocycles. The van der Waals surface area contributed by atoms with Crippen LogP contribution in [0, 0.1) is 0 Å². The summed E-state index contributed by atoms with van der Waals surface area (Å²) in [7, 11) is 2.10. The molecular formula is C23H30ClN3O3Si. The predicted molar refractivity (Wildman–Crippen MR) is 128 cm³/mol. The maximum atomic E-state index is 12.1.